The van der Waals surface area contributed by atoms with Crippen LogP contribution in [0.25, 0.3) is 0 Å². The summed E-state index contributed by atoms with van der Waals surface area (Å²) >= 11 is 0. The van der Waals surface area contributed by atoms with Crippen molar-refractivity contribution in [3.8, 4) is 11.5 Å². The van der Waals surface area contributed by atoms with Crippen molar-refractivity contribution in [2.24, 2.45) is 0 Å². The highest BCUT2D eigenvalue weighted by molar-refractivity contribution is 5.82. The highest BCUT2D eigenvalue weighted by Gasteiger charge is 2.20. The number of carboxylic acids is 1. The zero-order valence-electron chi connectivity index (χ0n) is 13.4. The number of rotatable bonds is 8. The molecule has 2 unspecified atom stereocenters. The predicted molar refractivity (Wildman–Crippen MR) is 82.3 cm³/mol. The molecule has 0 heterocycles. The van der Waals surface area contributed by atoms with Gasteiger partial charge in [0.25, 0.3) is 0 Å². The third-order valence-electron chi connectivity index (χ3n) is 3.25. The van der Waals surface area contributed by atoms with Gasteiger partial charge in [-0.2, -0.15) is 0 Å². The van der Waals surface area contributed by atoms with E-state index in [0.717, 1.165) is 12.0 Å². The zero-order valence-corrected chi connectivity index (χ0v) is 13.4. The molecule has 0 saturated carbocycles. The number of amides is 1. The van der Waals surface area contributed by atoms with Crippen molar-refractivity contribution in [2.75, 3.05) is 7.11 Å². The number of carbonyl (C=O) groups excluding carboxylic acids is 1. The fourth-order valence-electron chi connectivity index (χ4n) is 1.92. The van der Waals surface area contributed by atoms with Crippen LogP contribution in [0.4, 0.5) is 0 Å². The topological polar surface area (TPSA) is 84.9 Å². The molecule has 1 aromatic carbocycles. The first-order valence-electron chi connectivity index (χ1n) is 7.20. The Morgan fingerprint density at radius 3 is 2.50 bits per heavy atom. The molecule has 0 aliphatic rings. The van der Waals surface area contributed by atoms with Crippen LogP contribution in [0.15, 0.2) is 18.2 Å². The van der Waals surface area contributed by atoms with Crippen LogP contribution in [0.1, 0.15) is 32.8 Å². The predicted octanol–water partition coefficient (Wildman–Crippen LogP) is 2.00. The Morgan fingerprint density at radius 2 is 2.00 bits per heavy atom. The number of methoxy groups -OCH3 is 1. The molecule has 0 aromatic heterocycles. The number of carbonyl (C=O) groups is 2. The van der Waals surface area contributed by atoms with E-state index in [1.807, 2.05) is 13.8 Å². The Bertz CT molecular complexity index is 529. The molecule has 2 N–H and O–H groups in total. The van der Waals surface area contributed by atoms with Gasteiger partial charge >= 0.3 is 5.97 Å². The third-order valence-corrected chi connectivity index (χ3v) is 3.25. The smallest absolute Gasteiger partial charge is 0.326 e. The van der Waals surface area contributed by atoms with Crippen molar-refractivity contribution in [1.82, 2.24) is 5.32 Å². The number of ether oxygens (including phenoxy) is 2. The van der Waals surface area contributed by atoms with Gasteiger partial charge in [-0.15, -0.1) is 0 Å². The minimum absolute atomic E-state index is 0.0610. The molecular formula is C16H23NO5. The minimum atomic E-state index is -1.07. The number of hydrogen-bond donors (Lipinski definition) is 2. The van der Waals surface area contributed by atoms with E-state index in [1.165, 1.54) is 14.0 Å². The Labute approximate surface area is 130 Å². The normalized spacial score (nSPS) is 13.1. The van der Waals surface area contributed by atoms with Crippen LogP contribution in [-0.2, 0) is 16.0 Å². The standard InChI is InChI=1S/C16H23NO5/c1-5-10(2)22-14-7-6-12(9-15(14)21-4)8-13(16(19)20)17-11(3)18/h6-7,9-10,13H,5,8H2,1-4H3,(H,17,18)(H,19,20). The van der Waals surface area contributed by atoms with Crippen molar-refractivity contribution in [1.29, 1.82) is 0 Å². The number of benzene rings is 1. The first-order valence-corrected chi connectivity index (χ1v) is 7.20. The van der Waals surface area contributed by atoms with Gasteiger partial charge in [-0.3, -0.25) is 4.79 Å². The van der Waals surface area contributed by atoms with E-state index in [0.29, 0.717) is 11.5 Å². The maximum atomic E-state index is 11.2. The van der Waals surface area contributed by atoms with E-state index < -0.39 is 12.0 Å². The molecule has 0 spiro atoms. The lowest BCUT2D eigenvalue weighted by Crippen LogP contribution is -2.41. The van der Waals surface area contributed by atoms with Gasteiger partial charge in [0.05, 0.1) is 13.2 Å². The van der Waals surface area contributed by atoms with Crippen LogP contribution in [0, 0.1) is 0 Å². The lowest BCUT2D eigenvalue weighted by molar-refractivity contribution is -0.141. The average Bonchev–Trinajstić information content (AvgIpc) is 2.47. The Hall–Kier alpha value is -2.24. The molecule has 122 valence electrons. The lowest BCUT2D eigenvalue weighted by Gasteiger charge is -2.17. The molecule has 6 heteroatoms. The van der Waals surface area contributed by atoms with E-state index in [1.54, 1.807) is 18.2 Å². The molecule has 0 fully saturated rings. The van der Waals surface area contributed by atoms with Gasteiger partial charge in [0, 0.05) is 13.3 Å². The van der Waals surface area contributed by atoms with Crippen molar-refractivity contribution in [2.45, 2.75) is 45.8 Å². The van der Waals surface area contributed by atoms with Crippen LogP contribution >= 0.6 is 0 Å². The molecule has 22 heavy (non-hydrogen) atoms. The molecule has 2 atom stereocenters. The summed E-state index contributed by atoms with van der Waals surface area (Å²) in [4.78, 5) is 22.2. The van der Waals surface area contributed by atoms with Gasteiger partial charge in [-0.05, 0) is 31.0 Å². The molecule has 1 aromatic rings. The highest BCUT2D eigenvalue weighted by Crippen LogP contribution is 2.29. The van der Waals surface area contributed by atoms with Gasteiger partial charge in [0.2, 0.25) is 5.91 Å². The summed E-state index contributed by atoms with van der Waals surface area (Å²) in [5, 5.41) is 11.6. The van der Waals surface area contributed by atoms with E-state index >= 15 is 0 Å². The van der Waals surface area contributed by atoms with Crippen LogP contribution in [0.5, 0.6) is 11.5 Å². The average molecular weight is 309 g/mol. The van der Waals surface area contributed by atoms with Crippen LogP contribution < -0.4 is 14.8 Å². The molecule has 0 radical (unpaired) electrons. The summed E-state index contributed by atoms with van der Waals surface area (Å²) in [7, 11) is 1.53. The summed E-state index contributed by atoms with van der Waals surface area (Å²) < 4.78 is 11.0. The van der Waals surface area contributed by atoms with Gasteiger partial charge < -0.3 is 19.9 Å². The number of aliphatic carboxylic acids is 1. The third kappa shape index (κ3) is 5.27. The largest absolute Gasteiger partial charge is 0.493 e. The molecular weight excluding hydrogens is 286 g/mol. The van der Waals surface area contributed by atoms with E-state index in [9.17, 15) is 9.59 Å². The van der Waals surface area contributed by atoms with E-state index in [2.05, 4.69) is 5.32 Å². The fraction of sp³-hybridized carbons (Fsp3) is 0.500. The second-order valence-electron chi connectivity index (χ2n) is 5.12. The second kappa shape index (κ2) is 8.26. The van der Waals surface area contributed by atoms with Gasteiger partial charge in [-0.1, -0.05) is 13.0 Å². The van der Waals surface area contributed by atoms with Crippen molar-refractivity contribution in [3.63, 3.8) is 0 Å². The zero-order chi connectivity index (χ0) is 16.7. The summed E-state index contributed by atoms with van der Waals surface area (Å²) in [6, 6.07) is 4.30. The fourth-order valence-corrected chi connectivity index (χ4v) is 1.92. The highest BCUT2D eigenvalue weighted by atomic mass is 16.5. The Kier molecular flexibility index (Phi) is 6.69. The molecule has 0 bridgehead atoms. The minimum Gasteiger partial charge on any atom is -0.493 e. The SMILES string of the molecule is CCC(C)Oc1ccc(CC(NC(C)=O)C(=O)O)cc1OC. The van der Waals surface area contributed by atoms with Gasteiger partial charge in [-0.25, -0.2) is 4.79 Å². The number of carboxylic acid groups (broad SMARTS) is 1. The maximum absolute atomic E-state index is 11.2. The second-order valence-corrected chi connectivity index (χ2v) is 5.12. The monoisotopic (exact) mass is 309 g/mol. The van der Waals surface area contributed by atoms with E-state index in [-0.39, 0.29) is 18.4 Å². The van der Waals surface area contributed by atoms with Gasteiger partial charge in [0.15, 0.2) is 11.5 Å². The molecule has 1 amide bonds. The summed E-state index contributed by atoms with van der Waals surface area (Å²) in [6.45, 7) is 5.28. The molecule has 0 aliphatic carbocycles. The first-order chi connectivity index (χ1) is 10.4. The summed E-state index contributed by atoms with van der Waals surface area (Å²) in [5.74, 6) is -0.290. The van der Waals surface area contributed by atoms with Crippen LogP contribution in [-0.4, -0.2) is 36.2 Å². The molecule has 0 aliphatic heterocycles. The summed E-state index contributed by atoms with van der Waals surface area (Å²) in [6.07, 6.45) is 1.11. The lowest BCUT2D eigenvalue weighted by atomic mass is 10.1. The Morgan fingerprint density at radius 1 is 1.32 bits per heavy atom. The quantitative estimate of drug-likeness (QED) is 0.767. The molecule has 1 rings (SSSR count). The Balaban J connectivity index is 2.92. The molecule has 0 saturated heterocycles. The van der Waals surface area contributed by atoms with Crippen molar-refractivity contribution >= 4 is 11.9 Å². The first kappa shape index (κ1) is 17.8. The molecule has 6 nitrogen and oxygen atoms in total. The van der Waals surface area contributed by atoms with Crippen LogP contribution in [0.2, 0.25) is 0 Å². The van der Waals surface area contributed by atoms with Crippen molar-refractivity contribution in [3.05, 3.63) is 23.8 Å². The number of hydrogen-bond acceptors (Lipinski definition) is 4. The summed E-state index contributed by atoms with van der Waals surface area (Å²) in [5.41, 5.74) is 0.745. The number of nitrogens with one attached hydrogen (secondary N) is 1. The van der Waals surface area contributed by atoms with Crippen molar-refractivity contribution < 1.29 is 24.2 Å². The van der Waals surface area contributed by atoms with E-state index in [4.69, 9.17) is 14.6 Å². The van der Waals surface area contributed by atoms with Gasteiger partial charge in [0.1, 0.15) is 6.04 Å². The van der Waals surface area contributed by atoms with Crippen LogP contribution in [0.3, 0.4) is 0 Å². The maximum Gasteiger partial charge on any atom is 0.326 e.